The molecule has 0 spiro atoms. The molecule has 0 radical (unpaired) electrons. The van der Waals surface area contributed by atoms with Crippen LogP contribution in [-0.4, -0.2) is 80.5 Å². The third-order valence-electron chi connectivity index (χ3n) is 7.36. The summed E-state index contributed by atoms with van der Waals surface area (Å²) in [4.78, 5) is -3.26. The number of hydrogen-bond donors (Lipinski definition) is 2. The molecule has 0 aliphatic heterocycles. The van der Waals surface area contributed by atoms with Gasteiger partial charge < -0.3 is 35.6 Å². The standard InChI is InChI=1S/C28H28N8O21S7.5Na/c29-26-22(34-31-16-1-4-18(5-2-16)60(39,40)11-9-52-59-57-55-38)15-23(35-33-21-13-17(58-56-54-37)3-8-24(21)62(43,44)45)27(30)28(26)36-32-20-7-6-19(14-25(20)63(46,47)48)61(41,42)12-10-53-64(49,50)51;;;;;/h1-8,13-15,37-38H,9-12,29-30H2,(H,43,44,45)(H,46,47,48)(H,49,50,51);;;;;/q;5*+1/p-5. The fraction of sp³-hybridized carbons (Fsp3) is 0.143. The molecule has 0 bridgehead atoms. The zero-order valence-corrected chi connectivity index (χ0v) is 51.7. The molecule has 4 rings (SSSR count). The van der Waals surface area contributed by atoms with Gasteiger partial charge >= 0.3 is 148 Å². The maximum Gasteiger partial charge on any atom is 1.00 e. The van der Waals surface area contributed by atoms with Crippen molar-refractivity contribution in [1.82, 2.24) is 0 Å². The zero-order chi connectivity index (χ0) is 47.5. The van der Waals surface area contributed by atoms with Crippen LogP contribution in [0.5, 0.6) is 0 Å². The van der Waals surface area contributed by atoms with Crippen molar-refractivity contribution in [1.29, 1.82) is 0 Å². The van der Waals surface area contributed by atoms with Crippen LogP contribution in [0.4, 0.5) is 45.5 Å². The summed E-state index contributed by atoms with van der Waals surface area (Å²) in [7, 11) is -24.6. The van der Waals surface area contributed by atoms with E-state index in [0.717, 1.165) is 42.5 Å². The van der Waals surface area contributed by atoms with Crippen molar-refractivity contribution in [3.8, 4) is 0 Å². The van der Waals surface area contributed by atoms with Crippen LogP contribution in [0.15, 0.2) is 122 Å². The van der Waals surface area contributed by atoms with E-state index < -0.39 is 124 Å². The number of nitrogens with two attached hydrogens (primary N) is 2. The van der Waals surface area contributed by atoms with Crippen LogP contribution in [-0.2, 0) is 77.4 Å². The Morgan fingerprint density at radius 2 is 1.03 bits per heavy atom. The Kier molecular flexibility index (Phi) is 33.1. The molecule has 4 aromatic rings. The molecule has 0 aliphatic carbocycles. The third-order valence-corrected chi connectivity index (χ3v) is 13.9. The summed E-state index contributed by atoms with van der Waals surface area (Å²) in [6.07, 6.45) is 0. The molecule has 0 saturated heterocycles. The molecular weight excluding hydrogens is 1120 g/mol. The van der Waals surface area contributed by atoms with E-state index in [-0.39, 0.29) is 193 Å². The quantitative estimate of drug-likeness (QED) is 0.00801. The van der Waals surface area contributed by atoms with Crippen molar-refractivity contribution in [3.05, 3.63) is 66.7 Å². The van der Waals surface area contributed by atoms with Gasteiger partial charge in [-0.25, -0.2) is 42.1 Å². The van der Waals surface area contributed by atoms with Gasteiger partial charge in [-0.2, -0.15) is 9.45 Å². The summed E-state index contributed by atoms with van der Waals surface area (Å²) in [6.45, 7) is -1.57. The largest absolute Gasteiger partial charge is 1.00 e. The Labute approximate surface area is 511 Å². The molecule has 0 fully saturated rings. The number of sulfone groups is 2. The Hall–Kier alpha value is 0.290. The first kappa shape index (κ1) is 71.4. The molecule has 4 N–H and O–H groups in total. The first-order valence-electron chi connectivity index (χ1n) is 16.1. The van der Waals surface area contributed by atoms with Gasteiger partial charge in [0.05, 0.1) is 73.4 Å². The Bertz CT molecular complexity index is 3040. The molecular formula is C28H23N8Na5O21S7. The second kappa shape index (κ2) is 32.0. The van der Waals surface area contributed by atoms with Crippen molar-refractivity contribution in [3.63, 3.8) is 0 Å². The molecule has 69 heavy (non-hydrogen) atoms. The molecule has 0 heterocycles. The van der Waals surface area contributed by atoms with E-state index in [9.17, 15) is 66.3 Å². The van der Waals surface area contributed by atoms with E-state index in [1.807, 2.05) is 0 Å². The molecule has 0 aliphatic rings. The minimum Gasteiger partial charge on any atom is -0.744 e. The van der Waals surface area contributed by atoms with E-state index >= 15 is 0 Å². The monoisotopic (exact) mass is 1150 g/mol. The first-order chi connectivity index (χ1) is 29.9. The smallest absolute Gasteiger partial charge is 0.744 e. The fourth-order valence-electron chi connectivity index (χ4n) is 4.54. The number of nitrogen functional groups attached to an aromatic ring is 2. The number of benzene rings is 4. The van der Waals surface area contributed by atoms with Crippen LogP contribution in [0, 0.1) is 0 Å². The normalized spacial score (nSPS) is 12.2. The van der Waals surface area contributed by atoms with Gasteiger partial charge in [-0.3, -0.25) is 18.4 Å². The summed E-state index contributed by atoms with van der Waals surface area (Å²) in [5.41, 5.74) is 8.57. The number of azo groups is 3. The number of rotatable bonds is 23. The van der Waals surface area contributed by atoms with Crippen LogP contribution in [0.2, 0.25) is 0 Å². The van der Waals surface area contributed by atoms with E-state index in [1.54, 1.807) is 0 Å². The maximum atomic E-state index is 12.7. The van der Waals surface area contributed by atoms with Gasteiger partial charge in [-0.15, -0.1) is 29.9 Å². The van der Waals surface area contributed by atoms with E-state index in [1.165, 1.54) is 12.1 Å². The molecule has 0 atom stereocenters. The molecule has 348 valence electrons. The molecule has 0 unspecified atom stereocenters. The maximum absolute atomic E-state index is 12.7. The molecule has 0 aromatic heterocycles. The molecule has 0 saturated carbocycles. The number of nitrogens with zero attached hydrogens (tertiary/aromatic N) is 6. The van der Waals surface area contributed by atoms with E-state index in [0.29, 0.717) is 12.1 Å². The van der Waals surface area contributed by atoms with Crippen molar-refractivity contribution in [2.45, 2.75) is 24.5 Å². The molecule has 29 nitrogen and oxygen atoms in total. The summed E-state index contributed by atoms with van der Waals surface area (Å²) < 4.78 is 172. The predicted molar refractivity (Wildman–Crippen MR) is 207 cm³/mol. The molecule has 41 heteroatoms. The summed E-state index contributed by atoms with van der Waals surface area (Å²) >= 11 is 0.393. The van der Waals surface area contributed by atoms with Gasteiger partial charge in [0.1, 0.15) is 48.7 Å². The van der Waals surface area contributed by atoms with Crippen molar-refractivity contribution in [2.75, 3.05) is 36.2 Å². The van der Waals surface area contributed by atoms with Gasteiger partial charge in [0.2, 0.25) is 10.4 Å². The minimum absolute atomic E-state index is 0. The van der Waals surface area contributed by atoms with Crippen LogP contribution in [0.1, 0.15) is 0 Å². The number of anilines is 2. The second-order valence-corrected chi connectivity index (χ2v) is 20.7. The van der Waals surface area contributed by atoms with Gasteiger partial charge in [0.25, 0.3) is 0 Å². The number of hydrogen-bond acceptors (Lipinski definition) is 31. The Morgan fingerprint density at radius 1 is 0.522 bits per heavy atom. The average Bonchev–Trinajstić information content (AvgIpc) is 3.21. The van der Waals surface area contributed by atoms with Crippen LogP contribution in [0.3, 0.4) is 0 Å². The van der Waals surface area contributed by atoms with Gasteiger partial charge in [0.15, 0.2) is 32.0 Å². The van der Waals surface area contributed by atoms with Crippen LogP contribution < -0.4 is 170 Å². The van der Waals surface area contributed by atoms with Crippen molar-refractivity contribution >= 4 is 120 Å². The third kappa shape index (κ3) is 22.6. The van der Waals surface area contributed by atoms with Crippen molar-refractivity contribution < 1.29 is 241 Å². The minimum atomic E-state index is -5.58. The molecule has 0 amide bonds. The molecule has 4 aromatic carbocycles. The van der Waals surface area contributed by atoms with Crippen LogP contribution >= 0.6 is 24.4 Å². The first-order valence-corrected chi connectivity index (χ1v) is 24.9. The Morgan fingerprint density at radius 3 is 1.58 bits per heavy atom. The van der Waals surface area contributed by atoms with Crippen LogP contribution in [0.25, 0.3) is 0 Å². The Balaban J connectivity index is 0. The SMILES string of the molecule is Nc1c(N=Nc2ccc(S(=O)(=O)CCOSOO[O-])cc2)cc(N=Nc2cc(SOO[O-])ccc2S(=O)(=O)[O-])c(N)c1N=Nc1ccc(S(=O)(=O)CCOS(=O)(=O)[O-])cc1S(=O)(=O)[O-].[Na+].[Na+].[Na+].[Na+].[Na+]. The van der Waals surface area contributed by atoms with Gasteiger partial charge in [-0.1, -0.05) is 0 Å². The summed E-state index contributed by atoms with van der Waals surface area (Å²) in [5.74, 6) is -1.70. The second-order valence-electron chi connectivity index (χ2n) is 11.5. The fourth-order valence-corrected chi connectivity index (χ4v) is 9.15. The topological polar surface area (TPSA) is 468 Å². The van der Waals surface area contributed by atoms with E-state index in [4.69, 9.17) is 15.7 Å². The van der Waals surface area contributed by atoms with E-state index in [2.05, 4.69) is 53.6 Å². The average molecular weight is 1150 g/mol. The predicted octanol–water partition coefficient (Wildman–Crippen LogP) is -13.0. The van der Waals surface area contributed by atoms with Crippen molar-refractivity contribution in [2.24, 2.45) is 30.7 Å². The van der Waals surface area contributed by atoms with Gasteiger partial charge in [0, 0.05) is 4.90 Å². The van der Waals surface area contributed by atoms with Gasteiger partial charge in [-0.05, 0) is 66.7 Å². The summed E-state index contributed by atoms with van der Waals surface area (Å²) in [5, 5.41) is 49.5. The summed E-state index contributed by atoms with van der Waals surface area (Å²) in [6, 6.07) is 10.3. The zero-order valence-electron chi connectivity index (χ0n) is 35.9.